The van der Waals surface area contributed by atoms with Crippen LogP contribution in [0.5, 0.6) is 0 Å². The maximum atomic E-state index is 12.8. The van der Waals surface area contributed by atoms with Crippen molar-refractivity contribution in [2.24, 2.45) is 23.7 Å². The van der Waals surface area contributed by atoms with Gasteiger partial charge in [-0.15, -0.1) is 0 Å². The van der Waals surface area contributed by atoms with Crippen LogP contribution in [0.2, 0.25) is 0 Å². The van der Waals surface area contributed by atoms with E-state index in [0.717, 1.165) is 32.1 Å². The van der Waals surface area contributed by atoms with Crippen LogP contribution in [0.3, 0.4) is 0 Å². The summed E-state index contributed by atoms with van der Waals surface area (Å²) in [6.07, 6.45) is 13.0. The zero-order valence-corrected chi connectivity index (χ0v) is 19.8. The van der Waals surface area contributed by atoms with Gasteiger partial charge in [0, 0.05) is 18.8 Å². The lowest BCUT2D eigenvalue weighted by Gasteiger charge is -2.47. The number of aryl methyl sites for hydroxylation is 1. The molecule has 0 unspecified atom stereocenters. The molecule has 0 saturated heterocycles. The molecule has 3 aliphatic rings. The molecule has 0 bridgehead atoms. The second-order valence-electron chi connectivity index (χ2n) is 9.85. The van der Waals surface area contributed by atoms with Crippen molar-refractivity contribution < 1.29 is 23.5 Å². The number of fused-ring (bicyclic) bond motifs is 2. The monoisotopic (exact) mass is 438 g/mol. The van der Waals surface area contributed by atoms with Crippen molar-refractivity contribution in [2.75, 3.05) is 0 Å². The molecule has 0 N–H and O–H groups in total. The van der Waals surface area contributed by atoms with E-state index in [4.69, 9.17) is 13.9 Å². The molecule has 0 radical (unpaired) electrons. The maximum Gasteiger partial charge on any atom is 0.338 e. The first kappa shape index (κ1) is 22.6. The second kappa shape index (κ2) is 8.76. The quantitative estimate of drug-likeness (QED) is 0.407. The van der Waals surface area contributed by atoms with Gasteiger partial charge in [0.25, 0.3) is 0 Å². The highest BCUT2D eigenvalue weighted by molar-refractivity contribution is 5.93. The summed E-state index contributed by atoms with van der Waals surface area (Å²) >= 11 is 0. The number of carbonyl (C=O) groups is 2. The number of furan rings is 1. The van der Waals surface area contributed by atoms with E-state index in [1.54, 1.807) is 19.5 Å². The molecule has 32 heavy (non-hydrogen) atoms. The average Bonchev–Trinajstić information content (AvgIpc) is 3.43. The largest absolute Gasteiger partial charge is 0.472 e. The summed E-state index contributed by atoms with van der Waals surface area (Å²) in [5.41, 5.74) is 3.26. The Bertz CT molecular complexity index is 980. The van der Waals surface area contributed by atoms with Crippen LogP contribution in [0.15, 0.2) is 57.6 Å². The fourth-order valence-electron chi connectivity index (χ4n) is 6.15. The first-order valence-corrected chi connectivity index (χ1v) is 11.7. The molecule has 4 rings (SSSR count). The lowest BCUT2D eigenvalue weighted by molar-refractivity contribution is -0.165. The Hall–Kier alpha value is -2.56. The Labute approximate surface area is 190 Å². The van der Waals surface area contributed by atoms with E-state index < -0.39 is 11.6 Å². The molecule has 5 atom stereocenters. The Balaban J connectivity index is 1.70. The molecule has 0 amide bonds. The summed E-state index contributed by atoms with van der Waals surface area (Å²) in [6, 6.07) is 2.00. The molecule has 2 heterocycles. The van der Waals surface area contributed by atoms with E-state index in [-0.39, 0.29) is 17.8 Å². The normalized spacial score (nSPS) is 32.2. The van der Waals surface area contributed by atoms with Gasteiger partial charge in [-0.1, -0.05) is 30.2 Å². The van der Waals surface area contributed by atoms with Crippen LogP contribution in [0.25, 0.3) is 0 Å². The SMILES string of the molecule is CC(=O)OC1=C(C)C(=O)O[C@@]12[C@@H]1[C@@H](C)CC[C@H]1C(C)=C[C@H]2/C=C(\C)CCCc1ccoc1. The lowest BCUT2D eigenvalue weighted by atomic mass is 9.62. The molecule has 2 aliphatic carbocycles. The molecule has 172 valence electrons. The van der Waals surface area contributed by atoms with Gasteiger partial charge in [0.15, 0.2) is 11.4 Å². The molecule has 0 aromatic carbocycles. The van der Waals surface area contributed by atoms with Gasteiger partial charge < -0.3 is 13.9 Å². The minimum atomic E-state index is -0.946. The Kier molecular flexibility index (Phi) is 6.19. The summed E-state index contributed by atoms with van der Waals surface area (Å²) in [7, 11) is 0. The van der Waals surface area contributed by atoms with Crippen LogP contribution < -0.4 is 0 Å². The van der Waals surface area contributed by atoms with Crippen molar-refractivity contribution in [3.8, 4) is 0 Å². The number of ether oxygens (including phenoxy) is 2. The van der Waals surface area contributed by atoms with Crippen molar-refractivity contribution >= 4 is 11.9 Å². The minimum Gasteiger partial charge on any atom is -0.472 e. The molecule has 1 aromatic rings. The van der Waals surface area contributed by atoms with Crippen molar-refractivity contribution in [2.45, 2.75) is 72.3 Å². The number of allylic oxidation sites excluding steroid dienone is 2. The van der Waals surface area contributed by atoms with Gasteiger partial charge in [0.2, 0.25) is 0 Å². The van der Waals surface area contributed by atoms with Gasteiger partial charge in [-0.05, 0) is 76.3 Å². The molecule has 5 nitrogen and oxygen atoms in total. The van der Waals surface area contributed by atoms with E-state index in [9.17, 15) is 9.59 Å². The topological polar surface area (TPSA) is 65.7 Å². The van der Waals surface area contributed by atoms with Crippen LogP contribution in [0.1, 0.15) is 65.9 Å². The number of hydrogen-bond donors (Lipinski definition) is 0. The van der Waals surface area contributed by atoms with Crippen LogP contribution in [0, 0.1) is 23.7 Å². The van der Waals surface area contributed by atoms with Crippen molar-refractivity contribution in [3.63, 3.8) is 0 Å². The van der Waals surface area contributed by atoms with Crippen LogP contribution in [0.4, 0.5) is 0 Å². The first-order valence-electron chi connectivity index (χ1n) is 11.7. The molecule has 1 saturated carbocycles. The molecular formula is C27H34O5. The fourth-order valence-corrected chi connectivity index (χ4v) is 6.15. The highest BCUT2D eigenvalue weighted by Crippen LogP contribution is 2.59. The third-order valence-electron chi connectivity index (χ3n) is 7.59. The van der Waals surface area contributed by atoms with E-state index in [0.29, 0.717) is 23.2 Å². The third kappa shape index (κ3) is 3.87. The first-order chi connectivity index (χ1) is 15.2. The molecule has 1 aliphatic heterocycles. The molecule has 5 heteroatoms. The molecule has 1 fully saturated rings. The van der Waals surface area contributed by atoms with E-state index >= 15 is 0 Å². The van der Waals surface area contributed by atoms with E-state index in [1.165, 1.54) is 23.6 Å². The molecule has 1 aromatic heterocycles. The highest BCUT2D eigenvalue weighted by Gasteiger charge is 2.63. The number of rotatable bonds is 6. The van der Waals surface area contributed by atoms with Crippen LogP contribution in [-0.4, -0.2) is 17.5 Å². The Morgan fingerprint density at radius 1 is 1.28 bits per heavy atom. The summed E-state index contributed by atoms with van der Waals surface area (Å²) < 4.78 is 17.1. The Morgan fingerprint density at radius 2 is 2.06 bits per heavy atom. The van der Waals surface area contributed by atoms with Crippen molar-refractivity contribution in [3.05, 3.63) is 58.8 Å². The van der Waals surface area contributed by atoms with Gasteiger partial charge in [0.1, 0.15) is 0 Å². The number of esters is 2. The lowest BCUT2D eigenvalue weighted by Crippen LogP contribution is -2.53. The van der Waals surface area contributed by atoms with E-state index in [1.807, 2.05) is 6.07 Å². The zero-order chi connectivity index (χ0) is 23.0. The highest BCUT2D eigenvalue weighted by atomic mass is 16.6. The van der Waals surface area contributed by atoms with Gasteiger partial charge in [-0.2, -0.15) is 0 Å². The fraction of sp³-hybridized carbons (Fsp3) is 0.556. The van der Waals surface area contributed by atoms with Gasteiger partial charge in [0.05, 0.1) is 18.1 Å². The summed E-state index contributed by atoms with van der Waals surface area (Å²) in [5, 5.41) is 0. The summed E-state index contributed by atoms with van der Waals surface area (Å²) in [5.74, 6) is 0.283. The van der Waals surface area contributed by atoms with E-state index in [2.05, 4.69) is 32.9 Å². The molecular weight excluding hydrogens is 404 g/mol. The predicted molar refractivity (Wildman–Crippen MR) is 121 cm³/mol. The maximum absolute atomic E-state index is 12.8. The smallest absolute Gasteiger partial charge is 0.338 e. The Morgan fingerprint density at radius 3 is 2.75 bits per heavy atom. The third-order valence-corrected chi connectivity index (χ3v) is 7.59. The summed E-state index contributed by atoms with van der Waals surface area (Å²) in [6.45, 7) is 9.66. The summed E-state index contributed by atoms with van der Waals surface area (Å²) in [4.78, 5) is 24.9. The van der Waals surface area contributed by atoms with Crippen LogP contribution in [-0.2, 0) is 25.5 Å². The molecule has 1 spiro atoms. The number of hydrogen-bond acceptors (Lipinski definition) is 5. The minimum absolute atomic E-state index is 0.100. The van der Waals surface area contributed by atoms with Crippen LogP contribution >= 0.6 is 0 Å². The van der Waals surface area contributed by atoms with Crippen molar-refractivity contribution in [1.82, 2.24) is 0 Å². The van der Waals surface area contributed by atoms with Gasteiger partial charge in [-0.3, -0.25) is 4.79 Å². The standard InChI is InChI=1S/C27H34O5/c1-16(7-6-8-21-11-12-30-15-21)13-22-14-18(3)23-10-9-17(2)24(23)27(22)25(31-20(5)28)19(4)26(29)32-27/h11-15,17,22-24H,6-10H2,1-5H3/b16-13+/t17-,22+,23-,24+,27-/m0/s1. The number of carbonyl (C=O) groups excluding carboxylic acids is 2. The van der Waals surface area contributed by atoms with Gasteiger partial charge >= 0.3 is 11.9 Å². The zero-order valence-electron chi connectivity index (χ0n) is 19.8. The van der Waals surface area contributed by atoms with Crippen molar-refractivity contribution in [1.29, 1.82) is 0 Å². The predicted octanol–water partition coefficient (Wildman–Crippen LogP) is 5.92. The average molecular weight is 439 g/mol. The van der Waals surface area contributed by atoms with Gasteiger partial charge in [-0.25, -0.2) is 4.79 Å². The second-order valence-corrected chi connectivity index (χ2v) is 9.85.